The molecular formula is C15H26N2O. The van der Waals surface area contributed by atoms with Gasteiger partial charge in [0.05, 0.1) is 6.61 Å². The van der Waals surface area contributed by atoms with Gasteiger partial charge in [-0.3, -0.25) is 0 Å². The van der Waals surface area contributed by atoms with Crippen molar-refractivity contribution in [2.24, 2.45) is 5.73 Å². The Labute approximate surface area is 111 Å². The second-order valence-electron chi connectivity index (χ2n) is 4.59. The minimum absolute atomic E-state index is 0.378. The van der Waals surface area contributed by atoms with Gasteiger partial charge in [0.1, 0.15) is 5.75 Å². The summed E-state index contributed by atoms with van der Waals surface area (Å²) >= 11 is 0. The van der Waals surface area contributed by atoms with Gasteiger partial charge in [-0.25, -0.2) is 0 Å². The van der Waals surface area contributed by atoms with E-state index in [1.54, 1.807) is 0 Å². The zero-order valence-electron chi connectivity index (χ0n) is 11.6. The SMILES string of the molecule is CCCOc1ccc(C(C)NCCCCN)cc1. The molecule has 3 nitrogen and oxygen atoms in total. The lowest BCUT2D eigenvalue weighted by atomic mass is 10.1. The largest absolute Gasteiger partial charge is 0.494 e. The average molecular weight is 250 g/mol. The molecule has 1 rings (SSSR count). The van der Waals surface area contributed by atoms with Crippen LogP contribution in [0.25, 0.3) is 0 Å². The fraction of sp³-hybridized carbons (Fsp3) is 0.600. The van der Waals surface area contributed by atoms with Crippen molar-refractivity contribution in [2.45, 2.75) is 39.2 Å². The molecule has 0 spiro atoms. The van der Waals surface area contributed by atoms with Gasteiger partial charge in [-0.15, -0.1) is 0 Å². The van der Waals surface area contributed by atoms with Gasteiger partial charge in [0.2, 0.25) is 0 Å². The molecule has 0 fully saturated rings. The Balaban J connectivity index is 2.36. The monoisotopic (exact) mass is 250 g/mol. The van der Waals surface area contributed by atoms with Gasteiger partial charge in [-0.1, -0.05) is 19.1 Å². The van der Waals surface area contributed by atoms with Crippen molar-refractivity contribution in [3.63, 3.8) is 0 Å². The van der Waals surface area contributed by atoms with Crippen LogP contribution in [0.5, 0.6) is 5.75 Å². The lowest BCUT2D eigenvalue weighted by Gasteiger charge is -2.14. The fourth-order valence-corrected chi connectivity index (χ4v) is 1.78. The molecule has 0 saturated carbocycles. The molecular weight excluding hydrogens is 224 g/mol. The highest BCUT2D eigenvalue weighted by Crippen LogP contribution is 2.17. The van der Waals surface area contributed by atoms with Crippen LogP contribution in [0.2, 0.25) is 0 Å². The minimum atomic E-state index is 0.378. The normalized spacial score (nSPS) is 12.4. The summed E-state index contributed by atoms with van der Waals surface area (Å²) in [6.45, 7) is 6.88. The standard InChI is InChI=1S/C15H26N2O/c1-3-12-18-15-8-6-14(7-9-15)13(2)17-11-5-4-10-16/h6-9,13,17H,3-5,10-12,16H2,1-2H3. The summed E-state index contributed by atoms with van der Waals surface area (Å²) < 4.78 is 5.57. The van der Waals surface area contributed by atoms with Crippen molar-refractivity contribution in [3.8, 4) is 5.75 Å². The van der Waals surface area contributed by atoms with Crippen LogP contribution in [0.3, 0.4) is 0 Å². The predicted molar refractivity (Wildman–Crippen MR) is 76.9 cm³/mol. The lowest BCUT2D eigenvalue weighted by Crippen LogP contribution is -2.20. The van der Waals surface area contributed by atoms with Crippen LogP contribution in [0, 0.1) is 0 Å². The van der Waals surface area contributed by atoms with Crippen LogP contribution in [-0.4, -0.2) is 19.7 Å². The maximum absolute atomic E-state index is 5.57. The third kappa shape index (κ3) is 5.52. The van der Waals surface area contributed by atoms with Crippen molar-refractivity contribution in [2.75, 3.05) is 19.7 Å². The summed E-state index contributed by atoms with van der Waals surface area (Å²) in [6.07, 6.45) is 3.27. The van der Waals surface area contributed by atoms with Crippen LogP contribution in [0.1, 0.15) is 44.7 Å². The van der Waals surface area contributed by atoms with Crippen molar-refractivity contribution >= 4 is 0 Å². The van der Waals surface area contributed by atoms with Crippen molar-refractivity contribution in [1.82, 2.24) is 5.32 Å². The number of ether oxygens (including phenoxy) is 1. The molecule has 0 amide bonds. The van der Waals surface area contributed by atoms with E-state index in [-0.39, 0.29) is 0 Å². The van der Waals surface area contributed by atoms with Crippen molar-refractivity contribution in [3.05, 3.63) is 29.8 Å². The number of hydrogen-bond acceptors (Lipinski definition) is 3. The van der Waals surface area contributed by atoms with E-state index >= 15 is 0 Å². The van der Waals surface area contributed by atoms with Crippen LogP contribution < -0.4 is 15.8 Å². The maximum Gasteiger partial charge on any atom is 0.119 e. The van der Waals surface area contributed by atoms with E-state index in [0.717, 1.165) is 44.7 Å². The zero-order valence-corrected chi connectivity index (χ0v) is 11.6. The Morgan fingerprint density at radius 1 is 1.22 bits per heavy atom. The Bertz CT molecular complexity index is 311. The molecule has 0 bridgehead atoms. The smallest absolute Gasteiger partial charge is 0.119 e. The molecule has 1 aromatic rings. The van der Waals surface area contributed by atoms with Gasteiger partial charge in [0.25, 0.3) is 0 Å². The lowest BCUT2D eigenvalue weighted by molar-refractivity contribution is 0.317. The first-order chi connectivity index (χ1) is 8.77. The molecule has 1 aromatic carbocycles. The second-order valence-corrected chi connectivity index (χ2v) is 4.59. The topological polar surface area (TPSA) is 47.3 Å². The summed E-state index contributed by atoms with van der Waals surface area (Å²) in [5, 5.41) is 3.50. The molecule has 0 aliphatic heterocycles. The quantitative estimate of drug-likeness (QED) is 0.663. The molecule has 0 aromatic heterocycles. The van der Waals surface area contributed by atoms with Gasteiger partial charge in [0, 0.05) is 6.04 Å². The highest BCUT2D eigenvalue weighted by atomic mass is 16.5. The van der Waals surface area contributed by atoms with Gasteiger partial charge in [-0.05, 0) is 57.0 Å². The first-order valence-electron chi connectivity index (χ1n) is 6.94. The molecule has 3 N–H and O–H groups in total. The van der Waals surface area contributed by atoms with Crippen molar-refractivity contribution < 1.29 is 4.74 Å². The number of nitrogens with one attached hydrogen (secondary N) is 1. The molecule has 0 aliphatic carbocycles. The molecule has 102 valence electrons. The summed E-state index contributed by atoms with van der Waals surface area (Å²) in [5.74, 6) is 0.955. The highest BCUT2D eigenvalue weighted by Gasteiger charge is 2.04. The Morgan fingerprint density at radius 3 is 2.56 bits per heavy atom. The Morgan fingerprint density at radius 2 is 1.94 bits per heavy atom. The molecule has 18 heavy (non-hydrogen) atoms. The van der Waals surface area contributed by atoms with Crippen LogP contribution in [0.4, 0.5) is 0 Å². The van der Waals surface area contributed by atoms with Crippen LogP contribution in [-0.2, 0) is 0 Å². The zero-order chi connectivity index (χ0) is 13.2. The van der Waals surface area contributed by atoms with Crippen LogP contribution in [0.15, 0.2) is 24.3 Å². The van der Waals surface area contributed by atoms with Crippen molar-refractivity contribution in [1.29, 1.82) is 0 Å². The number of rotatable bonds is 9. The average Bonchev–Trinajstić information content (AvgIpc) is 2.41. The van der Waals surface area contributed by atoms with Gasteiger partial charge in [0.15, 0.2) is 0 Å². The van der Waals surface area contributed by atoms with E-state index in [1.807, 2.05) is 12.1 Å². The molecule has 3 heteroatoms. The van der Waals surface area contributed by atoms with Crippen LogP contribution >= 0.6 is 0 Å². The molecule has 0 heterocycles. The third-order valence-corrected chi connectivity index (χ3v) is 2.93. The molecule has 1 atom stereocenters. The number of nitrogens with two attached hydrogens (primary N) is 1. The van der Waals surface area contributed by atoms with Gasteiger partial charge in [-0.2, -0.15) is 0 Å². The summed E-state index contributed by atoms with van der Waals surface area (Å²) in [6, 6.07) is 8.73. The molecule has 0 aliphatic rings. The van der Waals surface area contributed by atoms with Gasteiger partial charge < -0.3 is 15.8 Å². The summed E-state index contributed by atoms with van der Waals surface area (Å²) in [4.78, 5) is 0. The minimum Gasteiger partial charge on any atom is -0.494 e. The van der Waals surface area contributed by atoms with Gasteiger partial charge >= 0.3 is 0 Å². The number of unbranched alkanes of at least 4 members (excludes halogenated alkanes) is 1. The second kappa shape index (κ2) is 8.95. The first-order valence-corrected chi connectivity index (χ1v) is 6.94. The molecule has 1 unspecified atom stereocenters. The summed E-state index contributed by atoms with van der Waals surface area (Å²) in [7, 11) is 0. The van der Waals surface area contributed by atoms with E-state index in [1.165, 1.54) is 5.56 Å². The highest BCUT2D eigenvalue weighted by molar-refractivity contribution is 5.28. The Hall–Kier alpha value is -1.06. The predicted octanol–water partition coefficient (Wildman–Crippen LogP) is 2.86. The van der Waals surface area contributed by atoms with E-state index in [4.69, 9.17) is 10.5 Å². The number of benzene rings is 1. The molecule has 0 radical (unpaired) electrons. The van der Waals surface area contributed by atoms with E-state index < -0.39 is 0 Å². The van der Waals surface area contributed by atoms with E-state index in [9.17, 15) is 0 Å². The Kier molecular flexibility index (Phi) is 7.46. The summed E-state index contributed by atoms with van der Waals surface area (Å²) in [5.41, 5.74) is 6.77. The fourth-order valence-electron chi connectivity index (χ4n) is 1.78. The number of hydrogen-bond donors (Lipinski definition) is 2. The van der Waals surface area contributed by atoms with E-state index in [2.05, 4.69) is 31.3 Å². The third-order valence-electron chi connectivity index (χ3n) is 2.93. The van der Waals surface area contributed by atoms with E-state index in [0.29, 0.717) is 6.04 Å². The first kappa shape index (κ1) is 15.0. The maximum atomic E-state index is 5.57. The molecule has 0 saturated heterocycles.